The summed E-state index contributed by atoms with van der Waals surface area (Å²) in [5.41, 5.74) is 2.26. The molecule has 0 saturated heterocycles. The third-order valence-corrected chi connectivity index (χ3v) is 8.48. The van der Waals surface area contributed by atoms with E-state index in [2.05, 4.69) is 23.2 Å². The average molecular weight is 485 g/mol. The molecule has 0 N–H and O–H groups in total. The van der Waals surface area contributed by atoms with E-state index in [0.717, 1.165) is 41.7 Å². The first kappa shape index (κ1) is 24.8. The number of hydrogen-bond acceptors (Lipinski definition) is 3. The molecule has 2 fully saturated rings. The van der Waals surface area contributed by atoms with E-state index in [-0.39, 0.29) is 0 Å². The van der Waals surface area contributed by atoms with Crippen LogP contribution in [0.1, 0.15) is 88.5 Å². The second kappa shape index (κ2) is 11.9. The zero-order valence-electron chi connectivity index (χ0n) is 21.7. The van der Waals surface area contributed by atoms with Gasteiger partial charge in [0, 0.05) is 31.1 Å². The molecule has 0 spiro atoms. The number of aromatic nitrogens is 1. The fourth-order valence-corrected chi connectivity index (χ4v) is 6.36. The largest absolute Gasteiger partial charge is 0.457 e. The third kappa shape index (κ3) is 6.08. The minimum absolute atomic E-state index is 0.315. The van der Waals surface area contributed by atoms with Gasteiger partial charge in [-0.25, -0.2) is 0 Å². The number of pyridine rings is 1. The van der Waals surface area contributed by atoms with Crippen LogP contribution in [0.25, 0.3) is 10.9 Å². The molecule has 2 aromatic carbocycles. The highest BCUT2D eigenvalue weighted by Crippen LogP contribution is 2.40. The zero-order valence-corrected chi connectivity index (χ0v) is 21.7. The Morgan fingerprint density at radius 3 is 2.39 bits per heavy atom. The Hall–Kier alpha value is -2.88. The Kier molecular flexibility index (Phi) is 8.20. The number of carbonyl (C=O) groups is 1. The Balaban J connectivity index is 1.34. The summed E-state index contributed by atoms with van der Waals surface area (Å²) in [5, 5.41) is 1.10. The van der Waals surface area contributed by atoms with Gasteiger partial charge in [-0.05, 0) is 85.9 Å². The number of benzene rings is 2. The summed E-state index contributed by atoms with van der Waals surface area (Å²) < 4.78 is 6.09. The van der Waals surface area contributed by atoms with E-state index in [4.69, 9.17) is 9.72 Å². The predicted octanol–water partition coefficient (Wildman–Crippen LogP) is 8.26. The van der Waals surface area contributed by atoms with Crippen LogP contribution in [0.5, 0.6) is 11.5 Å². The number of hydrogen-bond donors (Lipinski definition) is 0. The van der Waals surface area contributed by atoms with Crippen LogP contribution in [-0.4, -0.2) is 28.9 Å². The van der Waals surface area contributed by atoms with Gasteiger partial charge in [0.2, 0.25) is 5.91 Å². The Labute approximate surface area is 216 Å². The lowest BCUT2D eigenvalue weighted by Gasteiger charge is -2.33. The summed E-state index contributed by atoms with van der Waals surface area (Å²) in [6, 6.07) is 18.8. The molecule has 36 heavy (non-hydrogen) atoms. The van der Waals surface area contributed by atoms with Crippen LogP contribution in [-0.2, 0) is 4.79 Å². The number of fused-ring (bicyclic) bond motifs is 1. The summed E-state index contributed by atoms with van der Waals surface area (Å²) in [6.07, 6.45) is 16.2. The smallest absolute Gasteiger partial charge is 0.222 e. The molecule has 1 heterocycles. The van der Waals surface area contributed by atoms with Crippen molar-refractivity contribution in [3.05, 3.63) is 66.4 Å². The lowest BCUT2D eigenvalue weighted by Crippen LogP contribution is -2.38. The molecule has 4 nitrogen and oxygen atoms in total. The molecule has 0 aliphatic heterocycles. The maximum absolute atomic E-state index is 13.2. The Morgan fingerprint density at radius 2 is 1.64 bits per heavy atom. The highest BCUT2D eigenvalue weighted by Gasteiger charge is 2.28. The average Bonchev–Trinajstić information content (AvgIpc) is 2.94. The van der Waals surface area contributed by atoms with Gasteiger partial charge in [-0.15, -0.1) is 0 Å². The molecule has 1 atom stereocenters. The Morgan fingerprint density at radius 1 is 0.917 bits per heavy atom. The molecule has 3 aromatic rings. The van der Waals surface area contributed by atoms with Gasteiger partial charge in [0.1, 0.15) is 11.5 Å². The molecule has 2 saturated carbocycles. The van der Waals surface area contributed by atoms with Crippen LogP contribution < -0.4 is 4.74 Å². The lowest BCUT2D eigenvalue weighted by molar-refractivity contribution is -0.132. The van der Waals surface area contributed by atoms with Crippen LogP contribution in [0.2, 0.25) is 0 Å². The summed E-state index contributed by atoms with van der Waals surface area (Å²) in [7, 11) is 2.03. The molecule has 5 rings (SSSR count). The summed E-state index contributed by atoms with van der Waals surface area (Å²) in [5.74, 6) is 2.99. The van der Waals surface area contributed by atoms with Gasteiger partial charge in [-0.3, -0.25) is 9.78 Å². The van der Waals surface area contributed by atoms with Gasteiger partial charge in [-0.2, -0.15) is 0 Å². The van der Waals surface area contributed by atoms with Gasteiger partial charge in [-0.1, -0.05) is 56.7 Å². The predicted molar refractivity (Wildman–Crippen MR) is 146 cm³/mol. The topological polar surface area (TPSA) is 42.4 Å². The van der Waals surface area contributed by atoms with Crippen molar-refractivity contribution in [3.63, 3.8) is 0 Å². The zero-order chi connectivity index (χ0) is 24.7. The van der Waals surface area contributed by atoms with E-state index in [1.54, 1.807) is 0 Å². The van der Waals surface area contributed by atoms with Gasteiger partial charge in [0.15, 0.2) is 0 Å². The normalized spacial score (nSPS) is 18.1. The first-order valence-electron chi connectivity index (χ1n) is 14.1. The van der Waals surface area contributed by atoms with Crippen molar-refractivity contribution in [2.24, 2.45) is 5.92 Å². The maximum Gasteiger partial charge on any atom is 0.222 e. The highest BCUT2D eigenvalue weighted by molar-refractivity contribution is 5.81. The first-order chi connectivity index (χ1) is 17.7. The van der Waals surface area contributed by atoms with Crippen molar-refractivity contribution >= 4 is 16.8 Å². The molecule has 1 unspecified atom stereocenters. The van der Waals surface area contributed by atoms with Gasteiger partial charge < -0.3 is 9.64 Å². The molecule has 2 aliphatic rings. The maximum atomic E-state index is 13.2. The van der Waals surface area contributed by atoms with Gasteiger partial charge >= 0.3 is 0 Å². The summed E-state index contributed by atoms with van der Waals surface area (Å²) in [4.78, 5) is 20.1. The SMILES string of the molecule is CN(C(=O)CCC(c1cnc2ccc(Oc3ccccc3)cc2c1)C1CCCCC1)C1CCCCC1. The first-order valence-corrected chi connectivity index (χ1v) is 14.1. The van der Waals surface area contributed by atoms with Crippen LogP contribution in [0, 0.1) is 5.92 Å². The molecule has 0 bridgehead atoms. The molecule has 1 amide bonds. The van der Waals surface area contributed by atoms with Crippen molar-refractivity contribution < 1.29 is 9.53 Å². The number of para-hydroxylation sites is 1. The molecule has 190 valence electrons. The third-order valence-electron chi connectivity index (χ3n) is 8.48. The van der Waals surface area contributed by atoms with Gasteiger partial charge in [0.05, 0.1) is 5.52 Å². The minimum atomic E-state index is 0.315. The number of carbonyl (C=O) groups excluding carboxylic acids is 1. The molecular weight excluding hydrogens is 444 g/mol. The number of nitrogens with zero attached hydrogens (tertiary/aromatic N) is 2. The molecule has 1 aromatic heterocycles. The van der Waals surface area contributed by atoms with E-state index < -0.39 is 0 Å². The van der Waals surface area contributed by atoms with Crippen LogP contribution in [0.15, 0.2) is 60.8 Å². The second-order valence-corrected chi connectivity index (χ2v) is 10.9. The van der Waals surface area contributed by atoms with E-state index in [1.807, 2.05) is 49.5 Å². The summed E-state index contributed by atoms with van der Waals surface area (Å²) in [6.45, 7) is 0. The van der Waals surface area contributed by atoms with E-state index >= 15 is 0 Å². The molecule has 4 heteroatoms. The molecular formula is C32H40N2O2. The highest BCUT2D eigenvalue weighted by atomic mass is 16.5. The number of ether oxygens (including phenoxy) is 1. The fraction of sp³-hybridized carbons (Fsp3) is 0.500. The summed E-state index contributed by atoms with van der Waals surface area (Å²) >= 11 is 0. The standard InChI is InChI=1S/C32H40N2O2/c1-34(27-13-7-3-8-14-27)32(35)20-18-30(24-11-5-2-6-12-24)26-21-25-22-29(17-19-31(25)33-23-26)36-28-15-9-4-10-16-28/h4,9-10,15-17,19,21-24,27,30H,2-3,5-8,11-14,18,20H2,1H3. The quantitative estimate of drug-likeness (QED) is 0.323. The van der Waals surface area contributed by atoms with Crippen molar-refractivity contribution in [1.29, 1.82) is 0 Å². The molecule has 0 radical (unpaired) electrons. The van der Waals surface area contributed by atoms with E-state index in [1.165, 1.54) is 56.9 Å². The van der Waals surface area contributed by atoms with E-state index in [0.29, 0.717) is 30.2 Å². The van der Waals surface area contributed by atoms with Gasteiger partial charge in [0.25, 0.3) is 0 Å². The monoisotopic (exact) mass is 484 g/mol. The van der Waals surface area contributed by atoms with Crippen LogP contribution >= 0.6 is 0 Å². The lowest BCUT2D eigenvalue weighted by atomic mass is 9.75. The fourth-order valence-electron chi connectivity index (χ4n) is 6.36. The molecule has 2 aliphatic carbocycles. The van der Waals surface area contributed by atoms with Crippen molar-refractivity contribution in [2.75, 3.05) is 7.05 Å². The number of amides is 1. The number of rotatable bonds is 8. The van der Waals surface area contributed by atoms with Crippen LogP contribution in [0.3, 0.4) is 0 Å². The Bertz CT molecular complexity index is 1130. The van der Waals surface area contributed by atoms with Crippen molar-refractivity contribution in [3.8, 4) is 11.5 Å². The van der Waals surface area contributed by atoms with E-state index in [9.17, 15) is 4.79 Å². The van der Waals surface area contributed by atoms with Crippen molar-refractivity contribution in [2.45, 2.75) is 89.0 Å². The minimum Gasteiger partial charge on any atom is -0.457 e. The second-order valence-electron chi connectivity index (χ2n) is 10.9. The van der Waals surface area contributed by atoms with Crippen LogP contribution in [0.4, 0.5) is 0 Å². The van der Waals surface area contributed by atoms with Crippen molar-refractivity contribution in [1.82, 2.24) is 9.88 Å².